The number of carbonyl (C=O) groups is 1. The minimum absolute atomic E-state index is 0.0158. The van der Waals surface area contributed by atoms with E-state index in [1.807, 2.05) is 0 Å². The van der Waals surface area contributed by atoms with Gasteiger partial charge in [-0.15, -0.1) is 24.8 Å². The van der Waals surface area contributed by atoms with Crippen LogP contribution in [0.15, 0.2) is 6.07 Å². The molecule has 1 heterocycles. The number of halogens is 4. The van der Waals surface area contributed by atoms with Gasteiger partial charge in [0.2, 0.25) is 0 Å². The summed E-state index contributed by atoms with van der Waals surface area (Å²) in [5, 5.41) is 0. The van der Waals surface area contributed by atoms with E-state index >= 15 is 0 Å². The Kier molecular flexibility index (Phi) is 4.82. The summed E-state index contributed by atoms with van der Waals surface area (Å²) >= 11 is 5.49. The topological polar surface area (TPSA) is 57.7 Å². The highest BCUT2D eigenvalue weighted by Crippen LogP contribution is 2.35. The summed E-state index contributed by atoms with van der Waals surface area (Å²) < 4.78 is 49.7. The summed E-state index contributed by atoms with van der Waals surface area (Å²) in [7, 11) is 2.13. The van der Waals surface area contributed by atoms with Crippen LogP contribution < -0.4 is 9.47 Å². The van der Waals surface area contributed by atoms with E-state index in [2.05, 4.69) is 14.5 Å². The molecule has 5 nitrogen and oxygen atoms in total. The van der Waals surface area contributed by atoms with E-state index in [1.165, 1.54) is 0 Å². The number of aromatic nitrogens is 1. The first-order valence-corrected chi connectivity index (χ1v) is 5.33. The molecule has 0 aliphatic heterocycles. The van der Waals surface area contributed by atoms with Gasteiger partial charge in [-0.3, -0.25) is 0 Å². The van der Waals surface area contributed by atoms with Crippen LogP contribution in [0, 0.1) is 0 Å². The van der Waals surface area contributed by atoms with Crippen molar-refractivity contribution >= 4 is 17.6 Å². The molecule has 1 aromatic rings. The zero-order valence-corrected chi connectivity index (χ0v) is 10.6. The Hall–Kier alpha value is -1.70. The number of nitrogens with zero attached hydrogens (tertiary/aromatic N) is 1. The Labute approximate surface area is 111 Å². The molecule has 0 amide bonds. The summed E-state index contributed by atoms with van der Waals surface area (Å²) in [5.74, 6) is -2.35. The minimum atomic E-state index is -4.94. The monoisotopic (exact) mass is 299 g/mol. The maximum Gasteiger partial charge on any atom is 0.573 e. The van der Waals surface area contributed by atoms with Crippen molar-refractivity contribution in [2.24, 2.45) is 0 Å². The van der Waals surface area contributed by atoms with Crippen molar-refractivity contribution in [2.45, 2.75) is 12.2 Å². The Bertz CT molecular complexity index is 479. The van der Waals surface area contributed by atoms with Crippen molar-refractivity contribution in [3.8, 4) is 11.5 Å². The zero-order chi connectivity index (χ0) is 14.6. The number of ether oxygens (including phenoxy) is 3. The summed E-state index contributed by atoms with van der Waals surface area (Å²) in [4.78, 5) is 15.2. The molecule has 0 N–H and O–H groups in total. The van der Waals surface area contributed by atoms with Crippen LogP contribution in [-0.2, 0) is 10.6 Å². The van der Waals surface area contributed by atoms with Gasteiger partial charge in [-0.2, -0.15) is 0 Å². The third-order valence-corrected chi connectivity index (χ3v) is 2.21. The molecule has 1 aromatic heterocycles. The average Bonchev–Trinajstić information content (AvgIpc) is 2.34. The van der Waals surface area contributed by atoms with Crippen molar-refractivity contribution in [1.82, 2.24) is 4.98 Å². The number of methoxy groups -OCH3 is 2. The predicted molar refractivity (Wildman–Crippen MR) is 58.4 cm³/mol. The number of carbonyl (C=O) groups excluding carboxylic acids is 1. The van der Waals surface area contributed by atoms with Crippen molar-refractivity contribution in [2.75, 3.05) is 14.2 Å². The molecule has 9 heteroatoms. The van der Waals surface area contributed by atoms with Crippen LogP contribution in [0.25, 0.3) is 0 Å². The summed E-state index contributed by atoms with van der Waals surface area (Å²) in [6.07, 6.45) is -4.94. The van der Waals surface area contributed by atoms with Crippen LogP contribution in [0.5, 0.6) is 11.5 Å². The number of hydrogen-bond donors (Lipinski definition) is 0. The fraction of sp³-hybridized carbons (Fsp3) is 0.400. The molecule has 0 bridgehead atoms. The van der Waals surface area contributed by atoms with Crippen LogP contribution in [0.3, 0.4) is 0 Å². The summed E-state index contributed by atoms with van der Waals surface area (Å²) in [5.41, 5.74) is -0.426. The molecule has 0 aromatic carbocycles. The third kappa shape index (κ3) is 3.88. The molecule has 0 radical (unpaired) electrons. The molecule has 0 saturated carbocycles. The smallest absolute Gasteiger partial charge is 0.491 e. The van der Waals surface area contributed by atoms with Gasteiger partial charge in [0, 0.05) is 6.07 Å². The molecule has 0 spiro atoms. The summed E-state index contributed by atoms with van der Waals surface area (Å²) in [6.45, 7) is 0. The second-order valence-electron chi connectivity index (χ2n) is 3.17. The second kappa shape index (κ2) is 5.96. The number of hydrogen-bond acceptors (Lipinski definition) is 5. The lowest BCUT2D eigenvalue weighted by Gasteiger charge is -2.15. The van der Waals surface area contributed by atoms with E-state index in [9.17, 15) is 18.0 Å². The van der Waals surface area contributed by atoms with Gasteiger partial charge in [0.15, 0.2) is 17.2 Å². The lowest BCUT2D eigenvalue weighted by Crippen LogP contribution is -2.19. The summed E-state index contributed by atoms with van der Waals surface area (Å²) in [6, 6.07) is 0.936. The van der Waals surface area contributed by atoms with E-state index in [4.69, 9.17) is 16.3 Å². The Morgan fingerprint density at radius 2 is 2.05 bits per heavy atom. The maximum absolute atomic E-state index is 12.3. The van der Waals surface area contributed by atoms with Crippen LogP contribution >= 0.6 is 11.6 Å². The molecular formula is C10H9ClF3NO4. The highest BCUT2D eigenvalue weighted by atomic mass is 35.5. The SMILES string of the molecule is COC(=O)c1nc(CCl)cc(OC(F)(F)F)c1OC. The number of pyridine rings is 1. The first-order valence-electron chi connectivity index (χ1n) is 4.80. The fourth-order valence-corrected chi connectivity index (χ4v) is 1.40. The van der Waals surface area contributed by atoms with Crippen molar-refractivity contribution in [1.29, 1.82) is 0 Å². The van der Waals surface area contributed by atoms with Gasteiger partial charge in [-0.1, -0.05) is 0 Å². The van der Waals surface area contributed by atoms with Gasteiger partial charge in [-0.25, -0.2) is 9.78 Å². The van der Waals surface area contributed by atoms with E-state index in [0.717, 1.165) is 20.3 Å². The quantitative estimate of drug-likeness (QED) is 0.631. The van der Waals surface area contributed by atoms with Crippen molar-refractivity contribution in [3.63, 3.8) is 0 Å². The number of esters is 1. The standard InChI is InChI=1S/C10H9ClF3NO4/c1-17-8-6(19-10(12,13)14)3-5(4-11)15-7(8)9(16)18-2/h3H,4H2,1-2H3. The molecule has 0 saturated heterocycles. The van der Waals surface area contributed by atoms with E-state index in [0.29, 0.717) is 0 Å². The Morgan fingerprint density at radius 3 is 2.47 bits per heavy atom. The Balaban J connectivity index is 3.39. The van der Waals surface area contributed by atoms with Crippen LogP contribution in [0.1, 0.15) is 16.2 Å². The maximum atomic E-state index is 12.3. The highest BCUT2D eigenvalue weighted by Gasteiger charge is 2.34. The molecule has 0 fully saturated rings. The lowest BCUT2D eigenvalue weighted by molar-refractivity contribution is -0.275. The number of rotatable bonds is 4. The second-order valence-corrected chi connectivity index (χ2v) is 3.43. The van der Waals surface area contributed by atoms with Crippen molar-refractivity contribution < 1.29 is 32.2 Å². The molecule has 0 unspecified atom stereocenters. The molecule has 1 rings (SSSR count). The number of alkyl halides is 4. The van der Waals surface area contributed by atoms with Crippen LogP contribution in [0.2, 0.25) is 0 Å². The van der Waals surface area contributed by atoms with E-state index in [1.54, 1.807) is 0 Å². The van der Waals surface area contributed by atoms with E-state index in [-0.39, 0.29) is 11.6 Å². The molecule has 19 heavy (non-hydrogen) atoms. The molecular weight excluding hydrogens is 291 g/mol. The van der Waals surface area contributed by atoms with E-state index < -0.39 is 29.5 Å². The predicted octanol–water partition coefficient (Wildman–Crippen LogP) is 2.51. The highest BCUT2D eigenvalue weighted by molar-refractivity contribution is 6.17. The largest absolute Gasteiger partial charge is 0.573 e. The Morgan fingerprint density at radius 1 is 1.42 bits per heavy atom. The normalized spacial score (nSPS) is 11.1. The first-order chi connectivity index (χ1) is 8.82. The van der Waals surface area contributed by atoms with Gasteiger partial charge in [0.25, 0.3) is 0 Å². The zero-order valence-electron chi connectivity index (χ0n) is 9.88. The van der Waals surface area contributed by atoms with Crippen LogP contribution in [-0.4, -0.2) is 31.5 Å². The first kappa shape index (κ1) is 15.4. The molecule has 0 aliphatic carbocycles. The lowest BCUT2D eigenvalue weighted by atomic mass is 10.2. The van der Waals surface area contributed by atoms with Crippen molar-refractivity contribution in [3.05, 3.63) is 17.5 Å². The molecule has 0 atom stereocenters. The van der Waals surface area contributed by atoms with Crippen LogP contribution in [0.4, 0.5) is 13.2 Å². The van der Waals surface area contributed by atoms with Gasteiger partial charge in [0.1, 0.15) is 0 Å². The minimum Gasteiger partial charge on any atom is -0.491 e. The van der Waals surface area contributed by atoms with Gasteiger partial charge >= 0.3 is 12.3 Å². The average molecular weight is 300 g/mol. The fourth-order valence-electron chi connectivity index (χ4n) is 1.26. The molecule has 0 aliphatic rings. The third-order valence-electron chi connectivity index (χ3n) is 1.94. The molecule has 106 valence electrons. The van der Waals surface area contributed by atoms with Gasteiger partial charge in [0.05, 0.1) is 25.8 Å². The van der Waals surface area contributed by atoms with Gasteiger partial charge in [-0.05, 0) is 0 Å². The van der Waals surface area contributed by atoms with Gasteiger partial charge < -0.3 is 14.2 Å².